The predicted molar refractivity (Wildman–Crippen MR) is 79.5 cm³/mol. The number of benzene rings is 2. The van der Waals surface area contributed by atoms with Crippen LogP contribution < -0.4 is 10.0 Å². The number of rotatable bonds is 2. The number of fused-ring (bicyclic) bond motifs is 1. The van der Waals surface area contributed by atoms with Crippen LogP contribution in [-0.2, 0) is 14.8 Å². The van der Waals surface area contributed by atoms with Crippen LogP contribution in [0.15, 0.2) is 36.4 Å². The molecule has 3 rings (SSSR count). The maximum Gasteiger partial charge on any atom is 0.228 e. The minimum absolute atomic E-state index is 0.0342. The Morgan fingerprint density at radius 2 is 2.00 bits per heavy atom. The van der Waals surface area contributed by atoms with E-state index in [1.165, 1.54) is 4.90 Å². The van der Waals surface area contributed by atoms with Gasteiger partial charge in [-0.05, 0) is 23.6 Å². The number of anilines is 1. The van der Waals surface area contributed by atoms with Crippen molar-refractivity contribution in [3.8, 4) is 5.75 Å². The van der Waals surface area contributed by atoms with E-state index in [1.807, 2.05) is 6.07 Å². The number of nitrogens with zero attached hydrogens (tertiary/aromatic N) is 1. The topological polar surface area (TPSA) is 101 Å². The third kappa shape index (κ3) is 2.45. The van der Waals surface area contributed by atoms with Gasteiger partial charge in [-0.1, -0.05) is 18.2 Å². The predicted octanol–water partition coefficient (Wildman–Crippen LogP) is 0.939. The molecule has 1 aliphatic rings. The van der Waals surface area contributed by atoms with E-state index >= 15 is 0 Å². The molecule has 1 amide bonds. The van der Waals surface area contributed by atoms with Crippen LogP contribution in [0.1, 0.15) is 6.42 Å². The number of nitrogens with two attached hydrogens (primary N) is 1. The van der Waals surface area contributed by atoms with Crippen molar-refractivity contribution < 1.29 is 18.3 Å². The number of amides is 1. The number of carbonyl (C=O) groups is 1. The zero-order chi connectivity index (χ0) is 15.2. The molecule has 2 aromatic carbocycles. The zero-order valence-corrected chi connectivity index (χ0v) is 11.9. The molecule has 0 bridgehead atoms. The number of sulfonamides is 1. The number of phenols is 1. The lowest BCUT2D eigenvalue weighted by Gasteiger charge is -2.18. The van der Waals surface area contributed by atoms with E-state index in [0.717, 1.165) is 5.39 Å². The summed E-state index contributed by atoms with van der Waals surface area (Å²) in [5, 5.41) is 15.4. The molecule has 1 fully saturated rings. The molecule has 1 atom stereocenters. The fourth-order valence-corrected chi connectivity index (χ4v) is 3.34. The van der Waals surface area contributed by atoms with Crippen molar-refractivity contribution in [3.05, 3.63) is 36.4 Å². The Balaban J connectivity index is 2.09. The first kappa shape index (κ1) is 13.8. The first-order valence-electron chi connectivity index (χ1n) is 6.40. The number of hydrogen-bond donors (Lipinski definition) is 2. The highest BCUT2D eigenvalue weighted by Crippen LogP contribution is 2.33. The van der Waals surface area contributed by atoms with Gasteiger partial charge in [0.2, 0.25) is 15.9 Å². The summed E-state index contributed by atoms with van der Waals surface area (Å²) in [6.45, 7) is 0.0342. The molecule has 21 heavy (non-hydrogen) atoms. The van der Waals surface area contributed by atoms with E-state index < -0.39 is 15.3 Å². The van der Waals surface area contributed by atoms with Gasteiger partial charge in [0.15, 0.2) is 0 Å². The molecule has 1 aliphatic heterocycles. The first-order valence-corrected chi connectivity index (χ1v) is 8.01. The van der Waals surface area contributed by atoms with Crippen LogP contribution in [0.2, 0.25) is 0 Å². The molecule has 0 saturated carbocycles. The Hall–Kier alpha value is -2.12. The zero-order valence-electron chi connectivity index (χ0n) is 11.1. The molecule has 110 valence electrons. The van der Waals surface area contributed by atoms with E-state index in [1.54, 1.807) is 30.3 Å². The largest absolute Gasteiger partial charge is 0.508 e. The van der Waals surface area contributed by atoms with Gasteiger partial charge in [0.1, 0.15) is 11.0 Å². The van der Waals surface area contributed by atoms with Gasteiger partial charge in [-0.25, -0.2) is 13.6 Å². The molecule has 2 aromatic rings. The highest BCUT2D eigenvalue weighted by Gasteiger charge is 2.37. The van der Waals surface area contributed by atoms with E-state index in [2.05, 4.69) is 0 Å². The third-order valence-electron chi connectivity index (χ3n) is 3.69. The van der Waals surface area contributed by atoms with Crippen LogP contribution in [0.4, 0.5) is 5.69 Å². The lowest BCUT2D eigenvalue weighted by atomic mass is 10.1. The lowest BCUT2D eigenvalue weighted by molar-refractivity contribution is -0.117. The van der Waals surface area contributed by atoms with Gasteiger partial charge in [0, 0.05) is 18.4 Å². The molecule has 1 heterocycles. The summed E-state index contributed by atoms with van der Waals surface area (Å²) in [7, 11) is -3.75. The highest BCUT2D eigenvalue weighted by atomic mass is 32.2. The molecular formula is C14H14N2O4S. The Morgan fingerprint density at radius 3 is 2.67 bits per heavy atom. The average Bonchev–Trinajstić information content (AvgIpc) is 2.80. The van der Waals surface area contributed by atoms with Crippen molar-refractivity contribution in [2.45, 2.75) is 11.7 Å². The summed E-state index contributed by atoms with van der Waals surface area (Å²) in [6, 6.07) is 10.2. The van der Waals surface area contributed by atoms with Gasteiger partial charge in [-0.2, -0.15) is 0 Å². The number of phenolic OH excluding ortho intramolecular Hbond substituents is 1. The van der Waals surface area contributed by atoms with E-state index in [9.17, 15) is 18.3 Å². The molecule has 0 spiro atoms. The van der Waals surface area contributed by atoms with Gasteiger partial charge in [0.25, 0.3) is 0 Å². The van der Waals surface area contributed by atoms with Crippen molar-refractivity contribution in [1.82, 2.24) is 0 Å². The monoisotopic (exact) mass is 306 g/mol. The number of hydrogen-bond acceptors (Lipinski definition) is 4. The van der Waals surface area contributed by atoms with E-state index in [0.29, 0.717) is 11.1 Å². The minimum atomic E-state index is -3.75. The second-order valence-corrected chi connectivity index (χ2v) is 6.95. The summed E-state index contributed by atoms with van der Waals surface area (Å²) in [5.74, 6) is -0.200. The van der Waals surface area contributed by atoms with Gasteiger partial charge in [-0.15, -0.1) is 0 Å². The molecule has 1 saturated heterocycles. The second kappa shape index (κ2) is 4.71. The van der Waals surface area contributed by atoms with Gasteiger partial charge in [-0.3, -0.25) is 4.79 Å². The summed E-state index contributed by atoms with van der Waals surface area (Å²) >= 11 is 0. The SMILES string of the molecule is NS(=O)(=O)C1CC(=O)N(c2cccc3ccc(O)cc23)C1. The summed E-state index contributed by atoms with van der Waals surface area (Å²) in [4.78, 5) is 13.5. The van der Waals surface area contributed by atoms with Crippen molar-refractivity contribution in [3.63, 3.8) is 0 Å². The molecule has 7 heteroatoms. The van der Waals surface area contributed by atoms with Crippen LogP contribution >= 0.6 is 0 Å². The quantitative estimate of drug-likeness (QED) is 0.862. The molecule has 1 unspecified atom stereocenters. The Labute approximate surface area is 121 Å². The molecule has 3 N–H and O–H groups in total. The van der Waals surface area contributed by atoms with Crippen LogP contribution in [0, 0.1) is 0 Å². The van der Waals surface area contributed by atoms with Gasteiger partial charge < -0.3 is 10.0 Å². The van der Waals surface area contributed by atoms with E-state index in [4.69, 9.17) is 5.14 Å². The fraction of sp³-hybridized carbons (Fsp3) is 0.214. The van der Waals surface area contributed by atoms with Gasteiger partial charge >= 0.3 is 0 Å². The average molecular weight is 306 g/mol. The van der Waals surface area contributed by atoms with Crippen LogP contribution in [0.5, 0.6) is 5.75 Å². The number of carbonyl (C=O) groups excluding carboxylic acids is 1. The lowest BCUT2D eigenvalue weighted by Crippen LogP contribution is -2.32. The molecule has 0 radical (unpaired) electrons. The van der Waals surface area contributed by atoms with Crippen molar-refractivity contribution in [2.75, 3.05) is 11.4 Å². The highest BCUT2D eigenvalue weighted by molar-refractivity contribution is 7.89. The molecular weight excluding hydrogens is 292 g/mol. The Bertz CT molecular complexity index is 832. The van der Waals surface area contributed by atoms with Crippen LogP contribution in [-0.4, -0.2) is 31.2 Å². The second-order valence-electron chi connectivity index (χ2n) is 5.10. The third-order valence-corrected chi connectivity index (χ3v) is 4.93. The summed E-state index contributed by atoms with van der Waals surface area (Å²) in [5.41, 5.74) is 0.583. The standard InChI is InChI=1S/C14H14N2O4S/c15-21(19,20)11-7-14(18)16(8-11)13-3-1-2-9-4-5-10(17)6-12(9)13/h1-6,11,17H,7-8H2,(H2,15,19,20). The Kier molecular flexibility index (Phi) is 3.11. The van der Waals surface area contributed by atoms with Crippen molar-refractivity contribution >= 4 is 32.4 Å². The van der Waals surface area contributed by atoms with E-state index in [-0.39, 0.29) is 24.6 Å². The smallest absolute Gasteiger partial charge is 0.228 e. The van der Waals surface area contributed by atoms with Crippen LogP contribution in [0.25, 0.3) is 10.8 Å². The summed E-state index contributed by atoms with van der Waals surface area (Å²) < 4.78 is 22.9. The normalized spacial score (nSPS) is 19.4. The summed E-state index contributed by atoms with van der Waals surface area (Å²) in [6.07, 6.45) is -0.117. The van der Waals surface area contributed by atoms with Crippen LogP contribution in [0.3, 0.4) is 0 Å². The Morgan fingerprint density at radius 1 is 1.24 bits per heavy atom. The minimum Gasteiger partial charge on any atom is -0.508 e. The first-order chi connectivity index (χ1) is 9.86. The maximum absolute atomic E-state index is 12.1. The number of aromatic hydroxyl groups is 1. The fourth-order valence-electron chi connectivity index (χ4n) is 2.61. The molecule has 0 aliphatic carbocycles. The molecule has 6 nitrogen and oxygen atoms in total. The number of primary sulfonamides is 1. The van der Waals surface area contributed by atoms with Gasteiger partial charge in [0.05, 0.1) is 5.69 Å². The van der Waals surface area contributed by atoms with Crippen molar-refractivity contribution in [1.29, 1.82) is 0 Å². The molecule has 0 aromatic heterocycles. The van der Waals surface area contributed by atoms with Crippen molar-refractivity contribution in [2.24, 2.45) is 5.14 Å². The maximum atomic E-state index is 12.1.